The molecule has 0 aliphatic rings. The molecule has 0 fully saturated rings. The number of rotatable bonds is 6. The Labute approximate surface area is 179 Å². The zero-order valence-corrected chi connectivity index (χ0v) is 17.1. The minimum atomic E-state index is -1.05. The topological polar surface area (TPSA) is 87.0 Å². The van der Waals surface area contributed by atoms with Gasteiger partial charge in [-0.05, 0) is 48.5 Å². The lowest BCUT2D eigenvalue weighted by molar-refractivity contribution is 0.0280. The second-order valence-corrected chi connectivity index (χ2v) is 7.23. The minimum Gasteiger partial charge on any atom is -0.445 e. The number of benzene rings is 3. The first-order chi connectivity index (χ1) is 15.0. The van der Waals surface area contributed by atoms with Crippen molar-refractivity contribution in [2.24, 2.45) is 0 Å². The highest BCUT2D eigenvalue weighted by molar-refractivity contribution is 6.02. The summed E-state index contributed by atoms with van der Waals surface area (Å²) in [6.07, 6.45) is 0.413. The number of Topliss-reactive ketones (excluding diaryl/α,β-unsaturated/α-hetero) is 1. The van der Waals surface area contributed by atoms with Gasteiger partial charge < -0.3 is 4.74 Å². The maximum atomic E-state index is 13.2. The number of tetrazole rings is 1. The minimum absolute atomic E-state index is 0.275. The molecular weight excluding hydrogens is 392 g/mol. The summed E-state index contributed by atoms with van der Waals surface area (Å²) in [5.41, 5.74) is 4.23. The Morgan fingerprint density at radius 1 is 0.806 bits per heavy atom. The third-order valence-corrected chi connectivity index (χ3v) is 4.90. The first kappa shape index (κ1) is 20.2. The molecule has 4 rings (SSSR count). The molecule has 1 atom stereocenters. The summed E-state index contributed by atoms with van der Waals surface area (Å²) in [5, 5.41) is 11.0. The zero-order valence-electron chi connectivity index (χ0n) is 17.1. The third kappa shape index (κ3) is 4.56. The number of ketones is 1. The van der Waals surface area contributed by atoms with Crippen molar-refractivity contribution in [3.8, 4) is 5.69 Å². The van der Waals surface area contributed by atoms with Crippen LogP contribution in [0.25, 0.3) is 5.69 Å². The van der Waals surface area contributed by atoms with Crippen molar-refractivity contribution in [3.05, 3.63) is 107 Å². The number of aryl methyl sites for hydroxylation is 2. The molecule has 4 aromatic rings. The molecule has 154 valence electrons. The number of aromatic nitrogens is 4. The van der Waals surface area contributed by atoms with Gasteiger partial charge in [-0.25, -0.2) is 9.48 Å². The van der Waals surface area contributed by atoms with Crippen LogP contribution in [0.3, 0.4) is 0 Å². The second kappa shape index (κ2) is 8.71. The summed E-state index contributed by atoms with van der Waals surface area (Å²) >= 11 is 0. The fourth-order valence-electron chi connectivity index (χ4n) is 3.09. The predicted molar refractivity (Wildman–Crippen MR) is 114 cm³/mol. The summed E-state index contributed by atoms with van der Waals surface area (Å²) in [6.45, 7) is 3.91. The molecule has 0 spiro atoms. The van der Waals surface area contributed by atoms with E-state index in [2.05, 4.69) is 15.5 Å². The standard InChI is InChI=1S/C24H20N4O3/c1-16-3-7-18(8-4-16)22(29)23(19-9-5-17(2)6-10-19)31-24(30)20-11-13-21(14-12-20)28-15-25-26-27-28/h3-15,23H,1-2H3/t23-/m1/s1. The number of carbonyl (C=O) groups is 2. The van der Waals surface area contributed by atoms with Gasteiger partial charge in [0.15, 0.2) is 6.10 Å². The van der Waals surface area contributed by atoms with E-state index in [1.807, 2.05) is 38.1 Å². The van der Waals surface area contributed by atoms with Crippen molar-refractivity contribution in [2.75, 3.05) is 0 Å². The molecule has 0 aliphatic heterocycles. The van der Waals surface area contributed by atoms with Crippen LogP contribution in [0.1, 0.15) is 43.5 Å². The normalized spacial score (nSPS) is 11.7. The first-order valence-corrected chi connectivity index (χ1v) is 9.73. The van der Waals surface area contributed by atoms with Crippen molar-refractivity contribution in [2.45, 2.75) is 20.0 Å². The molecule has 3 aromatic carbocycles. The van der Waals surface area contributed by atoms with Crippen molar-refractivity contribution in [1.82, 2.24) is 20.2 Å². The SMILES string of the molecule is Cc1ccc(C(=O)[C@H](OC(=O)c2ccc(-n3cnnn3)cc2)c2ccc(C)cc2)cc1. The van der Waals surface area contributed by atoms with Gasteiger partial charge in [-0.1, -0.05) is 59.7 Å². The summed E-state index contributed by atoms with van der Waals surface area (Å²) in [6, 6.07) is 21.2. The van der Waals surface area contributed by atoms with Crippen molar-refractivity contribution < 1.29 is 14.3 Å². The summed E-state index contributed by atoms with van der Waals surface area (Å²) in [5.74, 6) is -0.864. The van der Waals surface area contributed by atoms with Crippen LogP contribution in [0.4, 0.5) is 0 Å². The average Bonchev–Trinajstić information content (AvgIpc) is 3.33. The van der Waals surface area contributed by atoms with Crippen molar-refractivity contribution >= 4 is 11.8 Å². The molecular formula is C24H20N4O3. The van der Waals surface area contributed by atoms with E-state index >= 15 is 0 Å². The summed E-state index contributed by atoms with van der Waals surface area (Å²) in [4.78, 5) is 26.1. The monoisotopic (exact) mass is 412 g/mol. The molecule has 1 heterocycles. The Balaban J connectivity index is 1.60. The van der Waals surface area contributed by atoms with Gasteiger partial charge in [0, 0.05) is 11.1 Å². The first-order valence-electron chi connectivity index (χ1n) is 9.73. The van der Waals surface area contributed by atoms with E-state index < -0.39 is 12.1 Å². The fraction of sp³-hybridized carbons (Fsp3) is 0.125. The molecule has 0 unspecified atom stereocenters. The van der Waals surface area contributed by atoms with Crippen molar-refractivity contribution in [1.29, 1.82) is 0 Å². The highest BCUT2D eigenvalue weighted by Gasteiger charge is 2.27. The van der Waals surface area contributed by atoms with E-state index in [0.29, 0.717) is 22.4 Å². The van der Waals surface area contributed by atoms with E-state index in [1.165, 1.54) is 11.0 Å². The summed E-state index contributed by atoms with van der Waals surface area (Å²) in [7, 11) is 0. The van der Waals surface area contributed by atoms with Crippen LogP contribution in [0, 0.1) is 13.8 Å². The summed E-state index contributed by atoms with van der Waals surface area (Å²) < 4.78 is 7.18. The zero-order chi connectivity index (χ0) is 21.8. The third-order valence-electron chi connectivity index (χ3n) is 4.90. The quantitative estimate of drug-likeness (QED) is 0.351. The van der Waals surface area contributed by atoms with Gasteiger partial charge in [0.25, 0.3) is 0 Å². The van der Waals surface area contributed by atoms with Gasteiger partial charge >= 0.3 is 5.97 Å². The predicted octanol–water partition coefficient (Wildman–Crippen LogP) is 4.06. The van der Waals surface area contributed by atoms with E-state index in [1.54, 1.807) is 48.5 Å². The number of hydrogen-bond donors (Lipinski definition) is 0. The van der Waals surface area contributed by atoms with E-state index in [0.717, 1.165) is 11.1 Å². The maximum absolute atomic E-state index is 13.2. The Morgan fingerprint density at radius 3 is 1.97 bits per heavy atom. The Morgan fingerprint density at radius 2 is 1.39 bits per heavy atom. The van der Waals surface area contributed by atoms with Gasteiger partial charge in [0.1, 0.15) is 6.33 Å². The van der Waals surface area contributed by atoms with Crippen LogP contribution < -0.4 is 0 Å². The molecule has 0 saturated carbocycles. The van der Waals surface area contributed by atoms with Crippen LogP contribution in [-0.2, 0) is 4.74 Å². The number of carbonyl (C=O) groups excluding carboxylic acids is 2. The molecule has 31 heavy (non-hydrogen) atoms. The number of ether oxygens (including phenoxy) is 1. The highest BCUT2D eigenvalue weighted by Crippen LogP contribution is 2.25. The second-order valence-electron chi connectivity index (χ2n) is 7.23. The molecule has 7 nitrogen and oxygen atoms in total. The van der Waals surface area contributed by atoms with Crippen LogP contribution in [0.2, 0.25) is 0 Å². The van der Waals surface area contributed by atoms with Crippen LogP contribution in [-0.4, -0.2) is 32.0 Å². The molecule has 0 N–H and O–H groups in total. The van der Waals surface area contributed by atoms with Gasteiger partial charge in [0.05, 0.1) is 11.3 Å². The Kier molecular flexibility index (Phi) is 5.66. The molecule has 1 aromatic heterocycles. The van der Waals surface area contributed by atoms with Crippen molar-refractivity contribution in [3.63, 3.8) is 0 Å². The number of esters is 1. The average molecular weight is 412 g/mol. The van der Waals surface area contributed by atoms with E-state index in [-0.39, 0.29) is 5.78 Å². The van der Waals surface area contributed by atoms with Crippen LogP contribution in [0.5, 0.6) is 0 Å². The molecule has 0 saturated heterocycles. The lowest BCUT2D eigenvalue weighted by Crippen LogP contribution is -2.20. The van der Waals surface area contributed by atoms with Crippen LogP contribution >= 0.6 is 0 Å². The molecule has 0 aliphatic carbocycles. The van der Waals surface area contributed by atoms with Crippen LogP contribution in [0.15, 0.2) is 79.1 Å². The van der Waals surface area contributed by atoms with Gasteiger partial charge in [0.2, 0.25) is 5.78 Å². The lowest BCUT2D eigenvalue weighted by atomic mass is 9.98. The van der Waals surface area contributed by atoms with Gasteiger partial charge in [-0.2, -0.15) is 0 Å². The van der Waals surface area contributed by atoms with Gasteiger partial charge in [-0.15, -0.1) is 5.10 Å². The lowest BCUT2D eigenvalue weighted by Gasteiger charge is -2.18. The largest absolute Gasteiger partial charge is 0.445 e. The van der Waals surface area contributed by atoms with E-state index in [9.17, 15) is 9.59 Å². The highest BCUT2D eigenvalue weighted by atomic mass is 16.5. The molecule has 0 radical (unpaired) electrons. The molecule has 7 heteroatoms. The smallest absolute Gasteiger partial charge is 0.339 e. The van der Waals surface area contributed by atoms with Gasteiger partial charge in [-0.3, -0.25) is 4.79 Å². The Bertz CT molecular complexity index is 1180. The fourth-order valence-corrected chi connectivity index (χ4v) is 3.09. The van der Waals surface area contributed by atoms with E-state index in [4.69, 9.17) is 4.74 Å². The number of hydrogen-bond acceptors (Lipinski definition) is 6. The molecule has 0 amide bonds. The molecule has 0 bridgehead atoms. The Hall–Kier alpha value is -4.13. The number of nitrogens with zero attached hydrogens (tertiary/aromatic N) is 4. The maximum Gasteiger partial charge on any atom is 0.339 e.